The molecule has 0 bridgehead atoms. The van der Waals surface area contributed by atoms with Crippen molar-refractivity contribution in [3.63, 3.8) is 0 Å². The van der Waals surface area contributed by atoms with Crippen LogP contribution >= 0.6 is 0 Å². The van der Waals surface area contributed by atoms with E-state index in [4.69, 9.17) is 5.73 Å². The first-order chi connectivity index (χ1) is 6.85. The van der Waals surface area contributed by atoms with Crippen LogP contribution in [0.3, 0.4) is 0 Å². The molecule has 0 radical (unpaired) electrons. The van der Waals surface area contributed by atoms with E-state index in [1.54, 1.807) is 12.1 Å². The maximum Gasteiger partial charge on any atom is 0.230 e. The Morgan fingerprint density at radius 3 is 2.00 bits per heavy atom. The molecule has 0 unspecified atom stereocenters. The Hall–Kier alpha value is -1.64. The topological polar surface area (TPSA) is 60.2 Å². The number of rotatable bonds is 3. The Kier molecular flexibility index (Phi) is 2.93. The standard InChI is InChI=1S/C12H15NO2/c1-8-4-6-9(7-5-8)10(14)12(2,3)11(13)15/h4-7H,1-3H3,(H2,13,15). The highest BCUT2D eigenvalue weighted by Gasteiger charge is 2.34. The predicted octanol–water partition coefficient (Wildman–Crippen LogP) is 1.69. The van der Waals surface area contributed by atoms with Crippen LogP contribution in [0.25, 0.3) is 0 Å². The molecule has 1 aromatic rings. The second-order valence-electron chi connectivity index (χ2n) is 4.18. The van der Waals surface area contributed by atoms with Crippen molar-refractivity contribution >= 4 is 11.7 Å². The average Bonchev–Trinajstić information content (AvgIpc) is 2.17. The summed E-state index contributed by atoms with van der Waals surface area (Å²) in [5.74, 6) is -0.844. The van der Waals surface area contributed by atoms with Gasteiger partial charge in [0.15, 0.2) is 5.78 Å². The fourth-order valence-electron chi connectivity index (χ4n) is 1.18. The summed E-state index contributed by atoms with van der Waals surface area (Å²) in [6.45, 7) is 5.02. The van der Waals surface area contributed by atoms with Crippen LogP contribution in [0.5, 0.6) is 0 Å². The van der Waals surface area contributed by atoms with Crippen molar-refractivity contribution in [2.75, 3.05) is 0 Å². The number of ketones is 1. The van der Waals surface area contributed by atoms with E-state index in [0.29, 0.717) is 5.56 Å². The van der Waals surface area contributed by atoms with Gasteiger partial charge in [0.25, 0.3) is 0 Å². The molecule has 0 aliphatic carbocycles. The highest BCUT2D eigenvalue weighted by atomic mass is 16.2. The second kappa shape index (κ2) is 3.85. The molecule has 80 valence electrons. The molecular formula is C12H15NO2. The number of Topliss-reactive ketones (excluding diaryl/α,β-unsaturated/α-hetero) is 1. The fourth-order valence-corrected chi connectivity index (χ4v) is 1.18. The molecule has 0 fully saturated rings. The molecule has 3 nitrogen and oxygen atoms in total. The smallest absolute Gasteiger partial charge is 0.230 e. The molecule has 15 heavy (non-hydrogen) atoms. The van der Waals surface area contributed by atoms with Gasteiger partial charge in [-0.3, -0.25) is 9.59 Å². The quantitative estimate of drug-likeness (QED) is 0.603. The zero-order valence-corrected chi connectivity index (χ0v) is 9.20. The summed E-state index contributed by atoms with van der Waals surface area (Å²) in [6.07, 6.45) is 0. The van der Waals surface area contributed by atoms with Crippen LogP contribution < -0.4 is 5.73 Å². The Morgan fingerprint density at radius 2 is 1.60 bits per heavy atom. The summed E-state index contributed by atoms with van der Waals surface area (Å²) < 4.78 is 0. The van der Waals surface area contributed by atoms with E-state index in [0.717, 1.165) is 5.56 Å². The minimum absolute atomic E-state index is 0.241. The van der Waals surface area contributed by atoms with Gasteiger partial charge in [-0.15, -0.1) is 0 Å². The molecule has 1 rings (SSSR count). The molecule has 0 aliphatic heterocycles. The number of nitrogens with two attached hydrogens (primary N) is 1. The largest absolute Gasteiger partial charge is 0.369 e. The summed E-state index contributed by atoms with van der Waals surface area (Å²) in [7, 11) is 0. The second-order valence-corrected chi connectivity index (χ2v) is 4.18. The first kappa shape index (κ1) is 11.4. The van der Waals surface area contributed by atoms with Gasteiger partial charge in [-0.05, 0) is 20.8 Å². The number of primary amides is 1. The molecule has 2 N–H and O–H groups in total. The highest BCUT2D eigenvalue weighted by molar-refractivity contribution is 6.12. The van der Waals surface area contributed by atoms with E-state index in [1.165, 1.54) is 13.8 Å². The maximum absolute atomic E-state index is 11.9. The van der Waals surface area contributed by atoms with Gasteiger partial charge in [-0.25, -0.2) is 0 Å². The monoisotopic (exact) mass is 205 g/mol. The van der Waals surface area contributed by atoms with Gasteiger partial charge < -0.3 is 5.73 Å². The van der Waals surface area contributed by atoms with Crippen molar-refractivity contribution in [2.45, 2.75) is 20.8 Å². The van der Waals surface area contributed by atoms with Crippen LogP contribution in [0, 0.1) is 12.3 Å². The number of amides is 1. The Morgan fingerprint density at radius 1 is 1.13 bits per heavy atom. The first-order valence-corrected chi connectivity index (χ1v) is 4.77. The first-order valence-electron chi connectivity index (χ1n) is 4.77. The summed E-state index contributed by atoms with van der Waals surface area (Å²) >= 11 is 0. The number of carbonyl (C=O) groups excluding carboxylic acids is 2. The summed E-state index contributed by atoms with van der Waals surface area (Å²) in [5, 5.41) is 0. The molecule has 1 amide bonds. The zero-order chi connectivity index (χ0) is 11.6. The predicted molar refractivity (Wildman–Crippen MR) is 58.5 cm³/mol. The SMILES string of the molecule is Cc1ccc(C(=O)C(C)(C)C(N)=O)cc1. The van der Waals surface area contributed by atoms with Crippen LogP contribution in [-0.2, 0) is 4.79 Å². The van der Waals surface area contributed by atoms with Crippen LogP contribution in [0.15, 0.2) is 24.3 Å². The molecule has 0 atom stereocenters. The number of hydrogen-bond donors (Lipinski definition) is 1. The minimum Gasteiger partial charge on any atom is -0.369 e. The van der Waals surface area contributed by atoms with Gasteiger partial charge in [-0.1, -0.05) is 29.8 Å². The van der Waals surface area contributed by atoms with E-state index >= 15 is 0 Å². The Balaban J connectivity index is 3.05. The van der Waals surface area contributed by atoms with Crippen molar-refractivity contribution in [2.24, 2.45) is 11.1 Å². The molecule has 0 saturated heterocycles. The molecule has 0 spiro atoms. The molecule has 0 heterocycles. The number of carbonyl (C=O) groups is 2. The number of hydrogen-bond acceptors (Lipinski definition) is 2. The van der Waals surface area contributed by atoms with E-state index in [-0.39, 0.29) is 5.78 Å². The summed E-state index contributed by atoms with van der Waals surface area (Å²) in [5.41, 5.74) is 5.63. The Labute approximate surface area is 89.3 Å². The molecule has 3 heteroatoms. The molecule has 1 aromatic carbocycles. The third-order valence-electron chi connectivity index (χ3n) is 2.50. The molecule has 0 aromatic heterocycles. The van der Waals surface area contributed by atoms with Crippen molar-refractivity contribution in [1.29, 1.82) is 0 Å². The lowest BCUT2D eigenvalue weighted by Gasteiger charge is -2.18. The van der Waals surface area contributed by atoms with Crippen molar-refractivity contribution in [3.8, 4) is 0 Å². The van der Waals surface area contributed by atoms with Gasteiger partial charge in [0, 0.05) is 5.56 Å². The molecule has 0 aliphatic rings. The van der Waals surface area contributed by atoms with Gasteiger partial charge in [-0.2, -0.15) is 0 Å². The van der Waals surface area contributed by atoms with Crippen LogP contribution in [0.2, 0.25) is 0 Å². The third kappa shape index (κ3) is 2.24. The number of benzene rings is 1. The molecule has 0 saturated carbocycles. The molecular weight excluding hydrogens is 190 g/mol. The number of aryl methyl sites for hydroxylation is 1. The van der Waals surface area contributed by atoms with Gasteiger partial charge >= 0.3 is 0 Å². The summed E-state index contributed by atoms with van der Waals surface area (Å²) in [4.78, 5) is 23.0. The summed E-state index contributed by atoms with van der Waals surface area (Å²) in [6, 6.07) is 7.10. The Bertz CT molecular complexity index is 391. The van der Waals surface area contributed by atoms with E-state index in [2.05, 4.69) is 0 Å². The van der Waals surface area contributed by atoms with Gasteiger partial charge in [0.1, 0.15) is 5.41 Å². The highest BCUT2D eigenvalue weighted by Crippen LogP contribution is 2.21. The van der Waals surface area contributed by atoms with Crippen molar-refractivity contribution in [3.05, 3.63) is 35.4 Å². The van der Waals surface area contributed by atoms with E-state index in [1.807, 2.05) is 19.1 Å². The van der Waals surface area contributed by atoms with E-state index < -0.39 is 11.3 Å². The normalized spacial score (nSPS) is 11.1. The van der Waals surface area contributed by atoms with Crippen LogP contribution in [0.1, 0.15) is 29.8 Å². The van der Waals surface area contributed by atoms with E-state index in [9.17, 15) is 9.59 Å². The lowest BCUT2D eigenvalue weighted by atomic mass is 9.83. The third-order valence-corrected chi connectivity index (χ3v) is 2.50. The fraction of sp³-hybridized carbons (Fsp3) is 0.333. The van der Waals surface area contributed by atoms with Crippen LogP contribution in [0.4, 0.5) is 0 Å². The minimum atomic E-state index is -1.14. The van der Waals surface area contributed by atoms with Crippen molar-refractivity contribution in [1.82, 2.24) is 0 Å². The van der Waals surface area contributed by atoms with Gasteiger partial charge in [0.2, 0.25) is 5.91 Å². The van der Waals surface area contributed by atoms with Gasteiger partial charge in [0.05, 0.1) is 0 Å². The lowest BCUT2D eigenvalue weighted by molar-refractivity contribution is -0.123. The maximum atomic E-state index is 11.9. The van der Waals surface area contributed by atoms with Crippen LogP contribution in [-0.4, -0.2) is 11.7 Å². The zero-order valence-electron chi connectivity index (χ0n) is 9.20. The van der Waals surface area contributed by atoms with Crippen molar-refractivity contribution < 1.29 is 9.59 Å². The average molecular weight is 205 g/mol. The lowest BCUT2D eigenvalue weighted by Crippen LogP contribution is -2.38.